The summed E-state index contributed by atoms with van der Waals surface area (Å²) in [5, 5.41) is 20.4. The number of nitrogen functional groups attached to an aromatic ring is 1. The van der Waals surface area contributed by atoms with Gasteiger partial charge in [-0.15, -0.1) is 11.8 Å². The first-order valence-corrected chi connectivity index (χ1v) is 13.3. The van der Waals surface area contributed by atoms with Crippen LogP contribution in [0, 0.1) is 0 Å². The van der Waals surface area contributed by atoms with Crippen molar-refractivity contribution in [2.45, 2.75) is 24.5 Å². The van der Waals surface area contributed by atoms with Crippen molar-refractivity contribution in [3.8, 4) is 0 Å². The predicted molar refractivity (Wildman–Crippen MR) is 93.3 cm³/mol. The van der Waals surface area contributed by atoms with Gasteiger partial charge in [-0.3, -0.25) is 13.7 Å². The maximum absolute atomic E-state index is 11.7. The molecule has 0 saturated carbocycles. The summed E-state index contributed by atoms with van der Waals surface area (Å²) >= 11 is 3.68. The summed E-state index contributed by atoms with van der Waals surface area (Å²) in [6.07, 6.45) is -3.83. The molecule has 0 amide bonds. The molecule has 6 atom stereocenters. The Morgan fingerprint density at radius 2 is 1.81 bits per heavy atom. The minimum Gasteiger partial charge on any atom is -0.812 e. The first kappa shape index (κ1) is 24.7. The van der Waals surface area contributed by atoms with E-state index in [9.17, 15) is 38.9 Å². The zero-order valence-corrected chi connectivity index (χ0v) is 18.3. The molecule has 4 N–H and O–H groups in total. The fraction of sp³-hybridized carbons (Fsp3) is 0.500. The van der Waals surface area contributed by atoms with Gasteiger partial charge in [-0.05, 0) is 0 Å². The molecule has 3 heterocycles. The summed E-state index contributed by atoms with van der Waals surface area (Å²) in [6, 6.07) is 0. The largest absolute Gasteiger partial charge is 0.812 e. The van der Waals surface area contributed by atoms with E-state index in [-0.39, 0.29) is 17.0 Å². The van der Waals surface area contributed by atoms with E-state index in [1.165, 1.54) is 10.9 Å². The second-order valence-electron chi connectivity index (χ2n) is 5.93. The van der Waals surface area contributed by atoms with Crippen LogP contribution in [0.25, 0.3) is 11.2 Å². The van der Waals surface area contributed by atoms with Crippen molar-refractivity contribution >= 4 is 51.2 Å². The highest BCUT2D eigenvalue weighted by Gasteiger charge is 2.45. The molecule has 0 aliphatic carbocycles. The van der Waals surface area contributed by atoms with Gasteiger partial charge in [0.05, 0.1) is 12.9 Å². The number of fused-ring (bicyclic) bond motifs is 1. The first-order valence-electron chi connectivity index (χ1n) is 7.85. The van der Waals surface area contributed by atoms with Crippen LogP contribution in [-0.4, -0.2) is 54.7 Å². The molecule has 0 spiro atoms. The Morgan fingerprint density at radius 1 is 1.13 bits per heavy atom. The van der Waals surface area contributed by atoms with Gasteiger partial charge < -0.3 is 49.1 Å². The second-order valence-corrected chi connectivity index (χ2v) is 11.5. The molecule has 2 aromatic heterocycles. The summed E-state index contributed by atoms with van der Waals surface area (Å²) in [6.45, 7) is -6.33. The number of phosphoric acid groups is 2. The van der Waals surface area contributed by atoms with Crippen molar-refractivity contribution in [1.82, 2.24) is 19.5 Å². The van der Waals surface area contributed by atoms with Crippen LogP contribution >= 0.6 is 22.4 Å². The van der Waals surface area contributed by atoms with E-state index >= 15 is 0 Å². The van der Waals surface area contributed by atoms with Crippen LogP contribution in [-0.2, 0) is 38.8 Å². The molecule has 0 bridgehead atoms. The molecule has 1 saturated heterocycles. The number of hydrogen-bond donors (Lipinski definition) is 3. The fourth-order valence-corrected chi connectivity index (χ4v) is 6.20. The minimum absolute atomic E-state index is 0.0343. The standard InChI is InChI=1S/C10H16N5O12P3S/c11-8-5-9(13-2-12-8)15(3-14-5)10-7(17)6(16)4(25-10)1-24-28(18,19)26-29(20,21)27-30(22,23)31/h2-4,6-7,10,16-17H,1H2,(H,18,19)(H,20,21)(H2,11,12,13)(H2,22,23,31)/p-4/t4-,6-,7-,10-/m1/s1/i31+3. The smallest absolute Gasteiger partial charge is 0.276 e. The molecule has 0 radical (unpaired) electrons. The zero-order valence-electron chi connectivity index (χ0n) is 14.8. The lowest BCUT2D eigenvalue weighted by molar-refractivity contribution is -0.320. The average Bonchev–Trinajstić information content (AvgIpc) is 3.13. The second kappa shape index (κ2) is 8.78. The van der Waals surface area contributed by atoms with E-state index in [0.717, 1.165) is 6.33 Å². The number of rotatable bonds is 8. The van der Waals surface area contributed by atoms with Crippen LogP contribution in [0.1, 0.15) is 6.23 Å². The van der Waals surface area contributed by atoms with Gasteiger partial charge in [-0.25, -0.2) is 19.3 Å². The Hall–Kier alpha value is -0.940. The summed E-state index contributed by atoms with van der Waals surface area (Å²) in [4.78, 5) is 55.9. The highest BCUT2D eigenvalue weighted by Crippen LogP contribution is 2.60. The van der Waals surface area contributed by atoms with Gasteiger partial charge in [0.2, 0.25) is 0 Å². The van der Waals surface area contributed by atoms with E-state index in [0.29, 0.717) is 0 Å². The lowest BCUT2D eigenvalue weighted by Gasteiger charge is -2.40. The van der Waals surface area contributed by atoms with Gasteiger partial charge in [0.15, 0.2) is 17.7 Å². The lowest BCUT2D eigenvalue weighted by Crippen LogP contribution is -2.34. The summed E-state index contributed by atoms with van der Waals surface area (Å²) in [7, 11) is -11.6. The molecule has 1 aliphatic heterocycles. The third kappa shape index (κ3) is 5.90. The summed E-state index contributed by atoms with van der Waals surface area (Å²) < 4.78 is 40.7. The molecule has 2 aromatic rings. The third-order valence-corrected chi connectivity index (χ3v) is 8.06. The number of imidazole rings is 1. The number of phosphoric ester groups is 1. The molecule has 31 heavy (non-hydrogen) atoms. The highest BCUT2D eigenvalue weighted by molar-refractivity contribution is 8.06. The number of aliphatic hydroxyl groups is 2. The fourth-order valence-electron chi connectivity index (χ4n) is 2.60. The topological polar surface area (TPSA) is 273 Å². The number of aliphatic hydroxyl groups excluding tert-OH is 2. The van der Waals surface area contributed by atoms with Crippen molar-refractivity contribution in [2.75, 3.05) is 12.3 Å². The van der Waals surface area contributed by atoms with Crippen LogP contribution in [0.15, 0.2) is 12.7 Å². The number of nitrogens with two attached hydrogens (primary N) is 1. The van der Waals surface area contributed by atoms with Crippen LogP contribution in [0.2, 0.25) is 0 Å². The molecule has 0 aromatic carbocycles. The molecular weight excluding hydrogens is 510 g/mol. The number of hydrogen-bond acceptors (Lipinski definition) is 17. The normalized spacial score (nSPS) is 28.5. The van der Waals surface area contributed by atoms with Crippen molar-refractivity contribution in [1.29, 1.82) is 0 Å². The number of ether oxygens (including phenoxy) is 1. The molecule has 1 aliphatic rings. The van der Waals surface area contributed by atoms with E-state index < -0.39 is 53.5 Å². The Kier molecular flexibility index (Phi) is 6.99. The van der Waals surface area contributed by atoms with E-state index in [1.54, 1.807) is 0 Å². The van der Waals surface area contributed by atoms with Gasteiger partial charge in [0.1, 0.15) is 30.2 Å². The van der Waals surface area contributed by atoms with E-state index in [1.807, 2.05) is 0 Å². The molecule has 2 unspecified atom stereocenters. The van der Waals surface area contributed by atoms with Crippen molar-refractivity contribution in [3.63, 3.8) is 0 Å². The quantitative estimate of drug-likeness (QED) is 0.278. The van der Waals surface area contributed by atoms with Gasteiger partial charge in [0.25, 0.3) is 15.6 Å². The lowest BCUT2D eigenvalue weighted by atomic mass is 10.1. The molecular formula is C10H12N5O12P3S-4. The molecule has 174 valence electrons. The summed E-state index contributed by atoms with van der Waals surface area (Å²) in [5.74, 6) is 0.0343. The van der Waals surface area contributed by atoms with Gasteiger partial charge in [-0.1, -0.05) is 6.72 Å². The zero-order chi connectivity index (χ0) is 23.2. The summed E-state index contributed by atoms with van der Waals surface area (Å²) in [5.41, 5.74) is 5.97. The van der Waals surface area contributed by atoms with E-state index in [2.05, 4.69) is 39.9 Å². The van der Waals surface area contributed by atoms with Crippen molar-refractivity contribution in [2.24, 2.45) is 0 Å². The maximum atomic E-state index is 11.7. The van der Waals surface area contributed by atoms with Crippen LogP contribution < -0.4 is 25.3 Å². The highest BCUT2D eigenvalue weighted by atomic mass is 35.1. The number of anilines is 1. The van der Waals surface area contributed by atoms with Crippen LogP contribution in [0.5, 0.6) is 0 Å². The van der Waals surface area contributed by atoms with Gasteiger partial charge in [0, 0.05) is 0 Å². The monoisotopic (exact) mass is 522 g/mol. The van der Waals surface area contributed by atoms with Crippen molar-refractivity contribution < 1.29 is 56.8 Å². The molecule has 21 heteroatoms. The van der Waals surface area contributed by atoms with Crippen molar-refractivity contribution in [3.05, 3.63) is 12.7 Å². The molecule has 17 nitrogen and oxygen atoms in total. The maximum Gasteiger partial charge on any atom is 0.276 e. The van der Waals surface area contributed by atoms with Crippen LogP contribution in [0.3, 0.4) is 0 Å². The molecule has 1 fully saturated rings. The molecule has 3 rings (SSSR count). The number of nitrogens with zero attached hydrogens (tertiary/aromatic N) is 4. The Bertz CT molecular complexity index is 1110. The Labute approximate surface area is 177 Å². The Balaban J connectivity index is 1.69. The Morgan fingerprint density at radius 3 is 2.45 bits per heavy atom. The minimum atomic E-state index is -5.93. The van der Waals surface area contributed by atoms with Crippen LogP contribution in [0.4, 0.5) is 5.82 Å². The van der Waals surface area contributed by atoms with E-state index in [4.69, 9.17) is 10.5 Å². The van der Waals surface area contributed by atoms with Gasteiger partial charge in [-0.2, -0.15) is 0 Å². The predicted octanol–water partition coefficient (Wildman–Crippen LogP) is -4.04. The number of aromatic nitrogens is 4. The van der Waals surface area contributed by atoms with Gasteiger partial charge >= 0.3 is 0 Å². The average molecular weight is 522 g/mol. The third-order valence-electron chi connectivity index (χ3n) is 3.80. The SMILES string of the molecule is Nc1ncnc2c1ncn2[C@@H]1O[C@H](COP(=O)([O-])OP(=O)([O-])OP([O-])([O-])=[35S])[C@@H](O)[C@H]1O. The first-order chi connectivity index (χ1) is 14.2.